The van der Waals surface area contributed by atoms with Crippen molar-refractivity contribution in [1.29, 1.82) is 0 Å². The van der Waals surface area contributed by atoms with E-state index in [0.717, 1.165) is 0 Å². The van der Waals surface area contributed by atoms with E-state index in [1.165, 1.54) is 31.4 Å². The number of hydrogen-bond donors (Lipinski definition) is 2. The third kappa shape index (κ3) is 3.01. The third-order valence-corrected chi connectivity index (χ3v) is 2.40. The number of rotatable bonds is 5. The molecule has 0 bridgehead atoms. The fraction of sp³-hybridized carbons (Fsp3) is 0.167. The first-order valence-corrected chi connectivity index (χ1v) is 5.36. The Morgan fingerprint density at radius 3 is 2.95 bits per heavy atom. The highest BCUT2D eigenvalue weighted by atomic mass is 19.1. The van der Waals surface area contributed by atoms with E-state index >= 15 is 0 Å². The fourth-order valence-electron chi connectivity index (χ4n) is 1.46. The lowest BCUT2D eigenvalue weighted by molar-refractivity contribution is 0.0685. The second-order valence-corrected chi connectivity index (χ2v) is 3.69. The van der Waals surface area contributed by atoms with Crippen molar-refractivity contribution in [3.8, 4) is 5.75 Å². The fourth-order valence-corrected chi connectivity index (χ4v) is 1.46. The third-order valence-electron chi connectivity index (χ3n) is 2.40. The molecule has 7 heteroatoms. The van der Waals surface area contributed by atoms with Gasteiger partial charge in [0, 0.05) is 17.8 Å². The van der Waals surface area contributed by atoms with Crippen LogP contribution in [0.2, 0.25) is 0 Å². The minimum absolute atomic E-state index is 0.119. The number of carbonyl (C=O) groups is 1. The molecular weight excluding hydrogens is 255 g/mol. The van der Waals surface area contributed by atoms with Gasteiger partial charge in [-0.3, -0.25) is 0 Å². The highest BCUT2D eigenvalue weighted by Crippen LogP contribution is 2.21. The lowest BCUT2D eigenvalue weighted by Gasteiger charge is -2.07. The molecule has 100 valence electrons. The number of methoxy groups -OCH3 is 1. The van der Waals surface area contributed by atoms with Crippen LogP contribution in [0.25, 0.3) is 0 Å². The molecular formula is C12H11FN2O4. The van der Waals surface area contributed by atoms with Gasteiger partial charge in [-0.15, -0.1) is 0 Å². The summed E-state index contributed by atoms with van der Waals surface area (Å²) in [4.78, 5) is 10.6. The summed E-state index contributed by atoms with van der Waals surface area (Å²) in [6.45, 7) is 0.231. The molecule has 1 heterocycles. The Morgan fingerprint density at radius 2 is 2.32 bits per heavy atom. The predicted molar refractivity (Wildman–Crippen MR) is 63.7 cm³/mol. The van der Waals surface area contributed by atoms with Crippen molar-refractivity contribution in [1.82, 2.24) is 5.16 Å². The van der Waals surface area contributed by atoms with Gasteiger partial charge in [0.25, 0.3) is 0 Å². The predicted octanol–water partition coefficient (Wildman–Crippen LogP) is 2.13. The van der Waals surface area contributed by atoms with Crippen LogP contribution in [0, 0.1) is 5.82 Å². The summed E-state index contributed by atoms with van der Waals surface area (Å²) >= 11 is 0. The van der Waals surface area contributed by atoms with Crippen LogP contribution >= 0.6 is 0 Å². The molecule has 0 saturated heterocycles. The van der Waals surface area contributed by atoms with Crippen LogP contribution in [0.15, 0.2) is 28.8 Å². The Hall–Kier alpha value is -2.57. The molecule has 2 aromatic rings. The van der Waals surface area contributed by atoms with Crippen LogP contribution in [0.3, 0.4) is 0 Å². The van der Waals surface area contributed by atoms with Gasteiger partial charge in [0.2, 0.25) is 0 Å². The van der Waals surface area contributed by atoms with E-state index in [0.29, 0.717) is 11.4 Å². The van der Waals surface area contributed by atoms with Gasteiger partial charge in [-0.1, -0.05) is 5.16 Å². The minimum atomic E-state index is -1.15. The molecule has 0 aliphatic carbocycles. The zero-order valence-corrected chi connectivity index (χ0v) is 10.0. The number of carboxylic acid groups (broad SMARTS) is 1. The monoisotopic (exact) mass is 266 g/mol. The number of ether oxygens (including phenoxy) is 1. The van der Waals surface area contributed by atoms with Crippen LogP contribution in [-0.2, 0) is 6.54 Å². The number of anilines is 1. The molecule has 0 saturated carbocycles. The molecule has 0 fully saturated rings. The Labute approximate surface area is 107 Å². The summed E-state index contributed by atoms with van der Waals surface area (Å²) in [5.41, 5.74) is 0.458. The number of nitrogens with zero attached hydrogens (tertiary/aromatic N) is 1. The van der Waals surface area contributed by atoms with E-state index in [1.807, 2.05) is 0 Å². The van der Waals surface area contributed by atoms with Gasteiger partial charge >= 0.3 is 5.97 Å². The molecule has 0 unspecified atom stereocenters. The second kappa shape index (κ2) is 5.38. The van der Waals surface area contributed by atoms with Crippen molar-refractivity contribution < 1.29 is 23.6 Å². The smallest absolute Gasteiger partial charge is 0.358 e. The highest BCUT2D eigenvalue weighted by Gasteiger charge is 2.10. The van der Waals surface area contributed by atoms with Crippen molar-refractivity contribution in [2.45, 2.75) is 6.54 Å². The van der Waals surface area contributed by atoms with Gasteiger partial charge in [0.1, 0.15) is 0 Å². The van der Waals surface area contributed by atoms with Crippen LogP contribution in [0.1, 0.15) is 16.2 Å². The van der Waals surface area contributed by atoms with Gasteiger partial charge in [0.05, 0.1) is 13.7 Å². The molecule has 2 rings (SSSR count). The van der Waals surface area contributed by atoms with E-state index in [4.69, 9.17) is 14.4 Å². The molecule has 0 aliphatic heterocycles. The topological polar surface area (TPSA) is 84.6 Å². The van der Waals surface area contributed by atoms with Crippen molar-refractivity contribution in [2.24, 2.45) is 0 Å². The Balaban J connectivity index is 2.03. The van der Waals surface area contributed by atoms with Crippen molar-refractivity contribution in [3.63, 3.8) is 0 Å². The lowest BCUT2D eigenvalue weighted by Crippen LogP contribution is -1.99. The minimum Gasteiger partial charge on any atom is -0.494 e. The number of carboxylic acids is 1. The highest BCUT2D eigenvalue weighted by molar-refractivity contribution is 5.85. The number of benzene rings is 1. The SMILES string of the molecule is COc1cc(NCc2cc(C(=O)O)no2)ccc1F. The molecule has 0 radical (unpaired) electrons. The molecule has 19 heavy (non-hydrogen) atoms. The van der Waals surface area contributed by atoms with Gasteiger partial charge < -0.3 is 19.7 Å². The van der Waals surface area contributed by atoms with Crippen molar-refractivity contribution >= 4 is 11.7 Å². The van der Waals surface area contributed by atoms with E-state index < -0.39 is 11.8 Å². The Morgan fingerprint density at radius 1 is 1.53 bits per heavy atom. The lowest BCUT2D eigenvalue weighted by atomic mass is 10.2. The number of hydrogen-bond acceptors (Lipinski definition) is 5. The summed E-state index contributed by atoms with van der Waals surface area (Å²) in [5, 5.41) is 15.0. The van der Waals surface area contributed by atoms with Crippen LogP contribution < -0.4 is 10.1 Å². The first-order valence-electron chi connectivity index (χ1n) is 5.36. The molecule has 0 spiro atoms. The van der Waals surface area contributed by atoms with Gasteiger partial charge in [-0.25, -0.2) is 9.18 Å². The maximum atomic E-state index is 13.2. The summed E-state index contributed by atoms with van der Waals surface area (Å²) in [6.07, 6.45) is 0. The van der Waals surface area contributed by atoms with E-state index in [9.17, 15) is 9.18 Å². The van der Waals surface area contributed by atoms with Crippen LogP contribution in [0.4, 0.5) is 10.1 Å². The number of nitrogens with one attached hydrogen (secondary N) is 1. The second-order valence-electron chi connectivity index (χ2n) is 3.69. The Kier molecular flexibility index (Phi) is 3.65. The van der Waals surface area contributed by atoms with E-state index in [2.05, 4.69) is 10.5 Å². The quantitative estimate of drug-likeness (QED) is 0.862. The van der Waals surface area contributed by atoms with Crippen LogP contribution in [-0.4, -0.2) is 23.3 Å². The zero-order valence-electron chi connectivity index (χ0n) is 10.0. The zero-order chi connectivity index (χ0) is 13.8. The maximum absolute atomic E-state index is 13.2. The average Bonchev–Trinajstić information content (AvgIpc) is 2.87. The summed E-state index contributed by atoms with van der Waals surface area (Å²) < 4.78 is 22.9. The number of aromatic nitrogens is 1. The molecule has 0 atom stereocenters. The van der Waals surface area contributed by atoms with Crippen molar-refractivity contribution in [3.05, 3.63) is 41.5 Å². The van der Waals surface area contributed by atoms with Crippen molar-refractivity contribution in [2.75, 3.05) is 12.4 Å². The number of halogens is 1. The first-order chi connectivity index (χ1) is 9.10. The largest absolute Gasteiger partial charge is 0.494 e. The summed E-state index contributed by atoms with van der Waals surface area (Å²) in [7, 11) is 1.37. The summed E-state index contributed by atoms with van der Waals surface area (Å²) in [6, 6.07) is 5.61. The average molecular weight is 266 g/mol. The van der Waals surface area contributed by atoms with Crippen LogP contribution in [0.5, 0.6) is 5.75 Å². The van der Waals surface area contributed by atoms with E-state index in [-0.39, 0.29) is 18.0 Å². The molecule has 0 aliphatic rings. The summed E-state index contributed by atoms with van der Waals surface area (Å²) in [5.74, 6) is -1.13. The molecule has 6 nitrogen and oxygen atoms in total. The molecule has 1 aromatic heterocycles. The first kappa shape index (κ1) is 12.9. The molecule has 0 amide bonds. The molecule has 2 N–H and O–H groups in total. The van der Waals surface area contributed by atoms with Gasteiger partial charge in [-0.05, 0) is 12.1 Å². The normalized spacial score (nSPS) is 10.2. The maximum Gasteiger partial charge on any atom is 0.358 e. The molecule has 1 aromatic carbocycles. The number of aromatic carboxylic acids is 1. The van der Waals surface area contributed by atoms with E-state index in [1.54, 1.807) is 0 Å². The van der Waals surface area contributed by atoms with Gasteiger partial charge in [0.15, 0.2) is 23.0 Å². The Bertz CT molecular complexity index is 597. The standard InChI is InChI=1S/C12H11FN2O4/c1-18-11-4-7(2-3-9(11)13)14-6-8-5-10(12(16)17)15-19-8/h2-5,14H,6H2,1H3,(H,16,17). The van der Waals surface area contributed by atoms with Gasteiger partial charge in [-0.2, -0.15) is 0 Å².